The highest BCUT2D eigenvalue weighted by atomic mass is 79.9. The molecule has 1 aromatic heterocycles. The summed E-state index contributed by atoms with van der Waals surface area (Å²) in [5.74, 6) is -1.42. The highest BCUT2D eigenvalue weighted by Gasteiger charge is 2.31. The van der Waals surface area contributed by atoms with Gasteiger partial charge in [0.25, 0.3) is 0 Å². The van der Waals surface area contributed by atoms with Crippen molar-refractivity contribution in [3.63, 3.8) is 0 Å². The number of nitrogens with zero attached hydrogens (tertiary/aromatic N) is 1. The van der Waals surface area contributed by atoms with Crippen molar-refractivity contribution < 1.29 is 27.8 Å². The maximum atomic E-state index is 12.2. The van der Waals surface area contributed by atoms with E-state index in [1.165, 1.54) is 24.3 Å². The average Bonchev–Trinajstić information content (AvgIpc) is 2.81. The maximum Gasteiger partial charge on any atom is 0.573 e. The van der Waals surface area contributed by atoms with Gasteiger partial charge in [-0.05, 0) is 39.7 Å². The third-order valence-corrected chi connectivity index (χ3v) is 4.41. The Hall–Kier alpha value is -2.48. The number of benzene rings is 2. The lowest BCUT2D eigenvalue weighted by Gasteiger charge is -2.11. The van der Waals surface area contributed by atoms with Gasteiger partial charge in [-0.3, -0.25) is 0 Å². The highest BCUT2D eigenvalue weighted by molar-refractivity contribution is 9.10. The molecule has 0 unspecified atom stereocenters. The standard InChI is InChI=1S/C17H11BrF3NO3/c18-14-12-3-1-2-4-13(12)22(15(14)16(23)24)9-10-5-7-11(8-6-10)25-17(19,20)21/h1-8H,9H2,(H,23,24). The second kappa shape index (κ2) is 6.44. The number of carboxylic acid groups (broad SMARTS) is 1. The molecule has 4 nitrogen and oxygen atoms in total. The minimum atomic E-state index is -4.75. The van der Waals surface area contributed by atoms with Gasteiger partial charge in [0.15, 0.2) is 0 Å². The van der Waals surface area contributed by atoms with Crippen molar-refractivity contribution in [2.24, 2.45) is 0 Å². The first-order valence-corrected chi connectivity index (χ1v) is 7.90. The van der Waals surface area contributed by atoms with E-state index in [9.17, 15) is 23.1 Å². The van der Waals surface area contributed by atoms with Crippen molar-refractivity contribution in [2.75, 3.05) is 0 Å². The Balaban J connectivity index is 1.98. The second-order valence-electron chi connectivity index (χ2n) is 5.26. The van der Waals surface area contributed by atoms with Gasteiger partial charge in [0, 0.05) is 11.9 Å². The van der Waals surface area contributed by atoms with Crippen LogP contribution >= 0.6 is 15.9 Å². The first-order valence-electron chi connectivity index (χ1n) is 7.11. The van der Waals surface area contributed by atoms with E-state index in [-0.39, 0.29) is 18.0 Å². The average molecular weight is 414 g/mol. The number of fused-ring (bicyclic) bond motifs is 1. The molecule has 0 spiro atoms. The van der Waals surface area contributed by atoms with Gasteiger partial charge >= 0.3 is 12.3 Å². The van der Waals surface area contributed by atoms with Gasteiger partial charge < -0.3 is 14.4 Å². The SMILES string of the molecule is O=C(O)c1c(Br)c2ccccc2n1Cc1ccc(OC(F)(F)F)cc1. The molecule has 0 bridgehead atoms. The van der Waals surface area contributed by atoms with Crippen LogP contribution in [-0.2, 0) is 6.54 Å². The summed E-state index contributed by atoms with van der Waals surface area (Å²) in [6, 6.07) is 12.5. The first kappa shape index (κ1) is 17.3. The molecule has 3 aromatic rings. The minimum Gasteiger partial charge on any atom is -0.477 e. The fourth-order valence-electron chi connectivity index (χ4n) is 2.61. The molecule has 0 amide bonds. The molecule has 0 saturated carbocycles. The number of halogens is 4. The van der Waals surface area contributed by atoms with Crippen molar-refractivity contribution >= 4 is 32.8 Å². The Morgan fingerprint density at radius 2 is 1.76 bits per heavy atom. The van der Waals surface area contributed by atoms with Crippen LogP contribution in [-0.4, -0.2) is 22.0 Å². The molecule has 3 rings (SSSR count). The van der Waals surface area contributed by atoms with Gasteiger partial charge in [-0.15, -0.1) is 13.2 Å². The Bertz CT molecular complexity index is 933. The summed E-state index contributed by atoms with van der Waals surface area (Å²) in [5, 5.41) is 10.2. The molecule has 1 heterocycles. The molecule has 0 fully saturated rings. The van der Waals surface area contributed by atoms with Crippen LogP contribution in [0.15, 0.2) is 53.0 Å². The van der Waals surface area contributed by atoms with Gasteiger partial charge in [0.1, 0.15) is 11.4 Å². The normalized spacial score (nSPS) is 11.7. The minimum absolute atomic E-state index is 0.0804. The Morgan fingerprint density at radius 3 is 2.36 bits per heavy atom. The van der Waals surface area contributed by atoms with Gasteiger partial charge in [-0.2, -0.15) is 0 Å². The molecule has 0 aliphatic rings. The number of carboxylic acids is 1. The number of hydrogen-bond acceptors (Lipinski definition) is 2. The van der Waals surface area contributed by atoms with Crippen LogP contribution in [0, 0.1) is 0 Å². The molecule has 0 aliphatic carbocycles. The number of rotatable bonds is 4. The number of ether oxygens (including phenoxy) is 1. The van der Waals surface area contributed by atoms with E-state index < -0.39 is 12.3 Å². The van der Waals surface area contributed by atoms with Crippen LogP contribution < -0.4 is 4.74 Å². The molecule has 130 valence electrons. The summed E-state index contributed by atoms with van der Waals surface area (Å²) in [4.78, 5) is 11.6. The predicted octanol–water partition coefficient (Wildman–Crippen LogP) is 5.05. The van der Waals surface area contributed by atoms with E-state index in [0.29, 0.717) is 15.6 Å². The van der Waals surface area contributed by atoms with Crippen molar-refractivity contribution in [3.05, 3.63) is 64.3 Å². The molecule has 0 radical (unpaired) electrons. The van der Waals surface area contributed by atoms with E-state index in [0.717, 1.165) is 5.39 Å². The van der Waals surface area contributed by atoms with Crippen molar-refractivity contribution in [1.82, 2.24) is 4.57 Å². The predicted molar refractivity (Wildman–Crippen MR) is 88.8 cm³/mol. The van der Waals surface area contributed by atoms with Crippen LogP contribution in [0.25, 0.3) is 10.9 Å². The molecule has 0 atom stereocenters. The fraction of sp³-hybridized carbons (Fsp3) is 0.118. The van der Waals surface area contributed by atoms with Crippen molar-refractivity contribution in [1.29, 1.82) is 0 Å². The smallest absolute Gasteiger partial charge is 0.477 e. The van der Waals surface area contributed by atoms with Crippen LogP contribution in [0.2, 0.25) is 0 Å². The Labute approximate surface area is 148 Å². The number of para-hydroxylation sites is 1. The van der Waals surface area contributed by atoms with E-state index >= 15 is 0 Å². The number of carbonyl (C=O) groups is 1. The van der Waals surface area contributed by atoms with Crippen LogP contribution in [0.1, 0.15) is 16.1 Å². The summed E-state index contributed by atoms with van der Waals surface area (Å²) in [5.41, 5.74) is 1.43. The molecule has 25 heavy (non-hydrogen) atoms. The molecule has 8 heteroatoms. The maximum absolute atomic E-state index is 12.2. The third kappa shape index (κ3) is 3.63. The third-order valence-electron chi connectivity index (χ3n) is 3.61. The molecule has 1 N–H and O–H groups in total. The summed E-state index contributed by atoms with van der Waals surface area (Å²) in [6.07, 6.45) is -4.75. The zero-order valence-electron chi connectivity index (χ0n) is 12.5. The summed E-state index contributed by atoms with van der Waals surface area (Å²) in [6.45, 7) is 0.194. The molecule has 0 aliphatic heterocycles. The lowest BCUT2D eigenvalue weighted by molar-refractivity contribution is -0.274. The lowest BCUT2D eigenvalue weighted by atomic mass is 10.2. The molecule has 0 saturated heterocycles. The second-order valence-corrected chi connectivity index (χ2v) is 6.06. The Kier molecular flexibility index (Phi) is 4.47. The van der Waals surface area contributed by atoms with E-state index in [2.05, 4.69) is 20.7 Å². The number of hydrogen-bond donors (Lipinski definition) is 1. The van der Waals surface area contributed by atoms with E-state index in [1.54, 1.807) is 28.8 Å². The van der Waals surface area contributed by atoms with Crippen LogP contribution in [0.4, 0.5) is 13.2 Å². The zero-order chi connectivity index (χ0) is 18.2. The van der Waals surface area contributed by atoms with Crippen LogP contribution in [0.5, 0.6) is 5.75 Å². The quantitative estimate of drug-likeness (QED) is 0.650. The summed E-state index contributed by atoms with van der Waals surface area (Å²) in [7, 11) is 0. The number of aromatic carboxylic acids is 1. The molecular formula is C17H11BrF3NO3. The lowest BCUT2D eigenvalue weighted by Crippen LogP contribution is -2.17. The number of aromatic nitrogens is 1. The van der Waals surface area contributed by atoms with E-state index in [4.69, 9.17) is 0 Å². The van der Waals surface area contributed by atoms with Crippen LogP contribution in [0.3, 0.4) is 0 Å². The summed E-state index contributed by atoms with van der Waals surface area (Å²) < 4.78 is 42.5. The van der Waals surface area contributed by atoms with Crippen molar-refractivity contribution in [2.45, 2.75) is 12.9 Å². The van der Waals surface area contributed by atoms with Crippen molar-refractivity contribution in [3.8, 4) is 5.75 Å². The van der Waals surface area contributed by atoms with Gasteiger partial charge in [-0.1, -0.05) is 30.3 Å². The van der Waals surface area contributed by atoms with Gasteiger partial charge in [-0.25, -0.2) is 4.79 Å². The van der Waals surface area contributed by atoms with Gasteiger partial charge in [0.2, 0.25) is 0 Å². The monoisotopic (exact) mass is 413 g/mol. The molecular weight excluding hydrogens is 403 g/mol. The van der Waals surface area contributed by atoms with Gasteiger partial charge in [0.05, 0.1) is 9.99 Å². The fourth-order valence-corrected chi connectivity index (χ4v) is 3.33. The topological polar surface area (TPSA) is 51.5 Å². The highest BCUT2D eigenvalue weighted by Crippen LogP contribution is 2.32. The zero-order valence-corrected chi connectivity index (χ0v) is 14.1. The first-order chi connectivity index (χ1) is 11.8. The number of alkyl halides is 3. The summed E-state index contributed by atoms with van der Waals surface area (Å²) >= 11 is 3.31. The molecule has 2 aromatic carbocycles. The van der Waals surface area contributed by atoms with E-state index in [1.807, 2.05) is 0 Å². The largest absolute Gasteiger partial charge is 0.573 e. The Morgan fingerprint density at radius 1 is 1.12 bits per heavy atom.